The molecule has 126 valence electrons. The predicted molar refractivity (Wildman–Crippen MR) is 92.0 cm³/mol. The molecule has 0 amide bonds. The molecule has 3 aromatic rings. The van der Waals surface area contributed by atoms with Crippen LogP contribution in [-0.2, 0) is 17.7 Å². The minimum absolute atomic E-state index is 0.236. The molecule has 0 unspecified atom stereocenters. The Morgan fingerprint density at radius 1 is 1.08 bits per heavy atom. The number of aromatic nitrogens is 4. The highest BCUT2D eigenvalue weighted by atomic mass is 16.5. The van der Waals surface area contributed by atoms with Gasteiger partial charge in [-0.2, -0.15) is 15.1 Å². The lowest BCUT2D eigenvalue weighted by Gasteiger charge is -2.07. The molecule has 2 heterocycles. The topological polar surface area (TPSA) is 88.1 Å². The van der Waals surface area contributed by atoms with Crippen LogP contribution in [0.3, 0.4) is 0 Å². The summed E-state index contributed by atoms with van der Waals surface area (Å²) in [4.78, 5) is 8.58. The van der Waals surface area contributed by atoms with Crippen LogP contribution in [0.25, 0.3) is 11.0 Å². The highest BCUT2D eigenvalue weighted by molar-refractivity contribution is 5.85. The number of anilines is 1. The van der Waals surface area contributed by atoms with Crippen molar-refractivity contribution >= 4 is 16.9 Å². The number of rotatable bonds is 7. The van der Waals surface area contributed by atoms with E-state index < -0.39 is 0 Å². The molecular formula is C17H21N5O2. The van der Waals surface area contributed by atoms with Crippen LogP contribution in [0.5, 0.6) is 6.01 Å². The molecule has 2 N–H and O–H groups in total. The van der Waals surface area contributed by atoms with Crippen LogP contribution in [0.4, 0.5) is 5.82 Å². The summed E-state index contributed by atoms with van der Waals surface area (Å²) in [7, 11) is 1.61. The third-order valence-corrected chi connectivity index (χ3v) is 3.79. The normalized spacial score (nSPS) is 11.1. The van der Waals surface area contributed by atoms with Crippen molar-refractivity contribution < 1.29 is 9.47 Å². The Labute approximate surface area is 140 Å². The average molecular weight is 327 g/mol. The van der Waals surface area contributed by atoms with E-state index in [-0.39, 0.29) is 6.01 Å². The Hall–Kier alpha value is -2.67. The zero-order valence-corrected chi connectivity index (χ0v) is 13.9. The van der Waals surface area contributed by atoms with E-state index in [0.717, 1.165) is 17.4 Å². The minimum Gasteiger partial charge on any atom is -0.461 e. The third-order valence-electron chi connectivity index (χ3n) is 3.79. The quantitative estimate of drug-likeness (QED) is 0.668. The van der Waals surface area contributed by atoms with Crippen molar-refractivity contribution in [2.24, 2.45) is 0 Å². The molecule has 7 heteroatoms. The van der Waals surface area contributed by atoms with E-state index in [1.165, 1.54) is 5.56 Å². The molecule has 2 aromatic heterocycles. The highest BCUT2D eigenvalue weighted by Crippen LogP contribution is 2.21. The number of nitrogen functional groups attached to an aromatic ring is 1. The summed E-state index contributed by atoms with van der Waals surface area (Å²) in [6.07, 6.45) is 2.71. The van der Waals surface area contributed by atoms with Gasteiger partial charge in [0.25, 0.3) is 0 Å². The fraction of sp³-hybridized carbons (Fsp3) is 0.353. The standard InChI is InChI=1S/C17H21N5O2/c1-3-12-4-6-13(7-5-12)11-22-16-14(10-19-22)15(18)20-17(21-16)24-9-8-23-2/h4-7,10H,3,8-9,11H2,1-2H3,(H2,18,20,21). The molecule has 0 saturated heterocycles. The molecule has 0 bridgehead atoms. The van der Waals surface area contributed by atoms with E-state index in [4.69, 9.17) is 15.2 Å². The number of benzene rings is 1. The van der Waals surface area contributed by atoms with Gasteiger partial charge < -0.3 is 15.2 Å². The van der Waals surface area contributed by atoms with Gasteiger partial charge >= 0.3 is 6.01 Å². The van der Waals surface area contributed by atoms with E-state index in [2.05, 4.69) is 46.3 Å². The Bertz CT molecular complexity index is 814. The number of nitrogens with zero attached hydrogens (tertiary/aromatic N) is 4. The van der Waals surface area contributed by atoms with E-state index in [1.54, 1.807) is 18.0 Å². The number of ether oxygens (including phenoxy) is 2. The maximum Gasteiger partial charge on any atom is 0.320 e. The van der Waals surface area contributed by atoms with E-state index in [0.29, 0.717) is 31.2 Å². The van der Waals surface area contributed by atoms with Crippen LogP contribution in [0.2, 0.25) is 0 Å². The molecule has 0 saturated carbocycles. The Balaban J connectivity index is 1.86. The lowest BCUT2D eigenvalue weighted by atomic mass is 10.1. The summed E-state index contributed by atoms with van der Waals surface area (Å²) in [6.45, 7) is 3.58. The zero-order chi connectivity index (χ0) is 16.9. The fourth-order valence-corrected chi connectivity index (χ4v) is 2.41. The Morgan fingerprint density at radius 3 is 2.54 bits per heavy atom. The molecule has 0 aliphatic heterocycles. The van der Waals surface area contributed by atoms with Gasteiger partial charge in [0.2, 0.25) is 0 Å². The van der Waals surface area contributed by atoms with E-state index >= 15 is 0 Å². The number of hydrogen-bond donors (Lipinski definition) is 1. The first-order chi connectivity index (χ1) is 11.7. The zero-order valence-electron chi connectivity index (χ0n) is 13.9. The van der Waals surface area contributed by atoms with Gasteiger partial charge in [0.15, 0.2) is 5.65 Å². The molecule has 1 aromatic carbocycles. The smallest absolute Gasteiger partial charge is 0.320 e. The van der Waals surface area contributed by atoms with Crippen molar-refractivity contribution in [2.45, 2.75) is 19.9 Å². The second-order valence-corrected chi connectivity index (χ2v) is 5.44. The summed E-state index contributed by atoms with van der Waals surface area (Å²) >= 11 is 0. The first-order valence-electron chi connectivity index (χ1n) is 7.90. The van der Waals surface area contributed by atoms with Crippen molar-refractivity contribution in [3.8, 4) is 6.01 Å². The third kappa shape index (κ3) is 3.46. The maximum atomic E-state index is 5.99. The molecule has 0 aliphatic carbocycles. The van der Waals surface area contributed by atoms with Crippen LogP contribution >= 0.6 is 0 Å². The summed E-state index contributed by atoms with van der Waals surface area (Å²) in [6, 6.07) is 8.70. The van der Waals surface area contributed by atoms with Gasteiger partial charge in [0.1, 0.15) is 12.4 Å². The molecule has 7 nitrogen and oxygen atoms in total. The van der Waals surface area contributed by atoms with Crippen molar-refractivity contribution in [3.63, 3.8) is 0 Å². The highest BCUT2D eigenvalue weighted by Gasteiger charge is 2.12. The predicted octanol–water partition coefficient (Wildman–Crippen LogP) is 2.04. The van der Waals surface area contributed by atoms with Crippen LogP contribution in [0, 0.1) is 0 Å². The van der Waals surface area contributed by atoms with Gasteiger partial charge in [-0.3, -0.25) is 0 Å². The van der Waals surface area contributed by atoms with Gasteiger partial charge in [-0.25, -0.2) is 4.68 Å². The summed E-state index contributed by atoms with van der Waals surface area (Å²) in [5.41, 5.74) is 9.11. The van der Waals surface area contributed by atoms with Gasteiger partial charge in [0, 0.05) is 7.11 Å². The average Bonchev–Trinajstić information content (AvgIpc) is 2.99. The molecule has 24 heavy (non-hydrogen) atoms. The SMILES string of the molecule is CCc1ccc(Cn2ncc3c(N)nc(OCCOC)nc32)cc1. The largest absolute Gasteiger partial charge is 0.461 e. The molecule has 0 spiro atoms. The molecule has 0 atom stereocenters. The number of hydrogen-bond acceptors (Lipinski definition) is 6. The monoisotopic (exact) mass is 327 g/mol. The first-order valence-corrected chi connectivity index (χ1v) is 7.90. The number of methoxy groups -OCH3 is 1. The van der Waals surface area contributed by atoms with Crippen molar-refractivity contribution in [1.82, 2.24) is 19.7 Å². The summed E-state index contributed by atoms with van der Waals surface area (Å²) in [5, 5.41) is 5.11. The van der Waals surface area contributed by atoms with Crippen LogP contribution in [0.15, 0.2) is 30.5 Å². The van der Waals surface area contributed by atoms with Gasteiger partial charge in [-0.15, -0.1) is 0 Å². The van der Waals surface area contributed by atoms with E-state index in [1.807, 2.05) is 0 Å². The van der Waals surface area contributed by atoms with E-state index in [9.17, 15) is 0 Å². The van der Waals surface area contributed by atoms with Crippen LogP contribution < -0.4 is 10.5 Å². The summed E-state index contributed by atoms with van der Waals surface area (Å²) in [5.74, 6) is 0.361. The van der Waals surface area contributed by atoms with Crippen molar-refractivity contribution in [1.29, 1.82) is 0 Å². The van der Waals surface area contributed by atoms with Crippen LogP contribution in [0.1, 0.15) is 18.1 Å². The van der Waals surface area contributed by atoms with Gasteiger partial charge in [-0.1, -0.05) is 31.2 Å². The molecular weight excluding hydrogens is 306 g/mol. The summed E-state index contributed by atoms with van der Waals surface area (Å²) < 4.78 is 12.2. The van der Waals surface area contributed by atoms with Gasteiger partial charge in [-0.05, 0) is 17.5 Å². The lowest BCUT2D eigenvalue weighted by molar-refractivity contribution is 0.141. The molecule has 0 aliphatic rings. The van der Waals surface area contributed by atoms with Gasteiger partial charge in [0.05, 0.1) is 24.7 Å². The van der Waals surface area contributed by atoms with Crippen LogP contribution in [-0.4, -0.2) is 40.1 Å². The maximum absolute atomic E-state index is 5.99. The van der Waals surface area contributed by atoms with Crippen molar-refractivity contribution in [2.75, 3.05) is 26.1 Å². The Morgan fingerprint density at radius 2 is 1.83 bits per heavy atom. The first kappa shape index (κ1) is 16.2. The molecule has 0 radical (unpaired) electrons. The molecule has 3 rings (SSSR count). The lowest BCUT2D eigenvalue weighted by Crippen LogP contribution is -2.09. The second-order valence-electron chi connectivity index (χ2n) is 5.44. The van der Waals surface area contributed by atoms with Crippen molar-refractivity contribution in [3.05, 3.63) is 41.6 Å². The number of nitrogens with two attached hydrogens (primary N) is 1. The Kier molecular flexibility index (Phi) is 4.90. The minimum atomic E-state index is 0.236. The fourth-order valence-electron chi connectivity index (χ4n) is 2.41. The number of fused-ring (bicyclic) bond motifs is 1. The second kappa shape index (κ2) is 7.27. The molecule has 0 fully saturated rings. The number of aryl methyl sites for hydroxylation is 1.